The second kappa shape index (κ2) is 11.6. The van der Waals surface area contributed by atoms with Crippen LogP contribution in [0.1, 0.15) is 68.9 Å². The molecule has 0 unspecified atom stereocenters. The van der Waals surface area contributed by atoms with Gasteiger partial charge in [-0.2, -0.15) is 10.2 Å². The molecule has 0 bridgehead atoms. The van der Waals surface area contributed by atoms with Crippen LogP contribution in [0.5, 0.6) is 0 Å². The van der Waals surface area contributed by atoms with Crippen LogP contribution in [0.2, 0.25) is 0 Å². The molecular weight excluding hydrogens is 554 g/mol. The zero-order chi connectivity index (χ0) is 30.2. The monoisotopic (exact) mass is 587 g/mol. The second-order valence-corrected chi connectivity index (χ2v) is 11.3. The third-order valence-electron chi connectivity index (χ3n) is 8.66. The molecule has 2 aliphatic rings. The van der Waals surface area contributed by atoms with Crippen molar-refractivity contribution in [3.8, 4) is 34.2 Å². The van der Waals surface area contributed by atoms with Crippen molar-refractivity contribution in [1.82, 2.24) is 24.5 Å². The number of ether oxygens (including phenoxy) is 2. The van der Waals surface area contributed by atoms with Crippen molar-refractivity contribution < 1.29 is 19.1 Å². The molecule has 44 heavy (non-hydrogen) atoms. The molecule has 0 N–H and O–H groups in total. The fourth-order valence-corrected chi connectivity index (χ4v) is 6.45. The summed E-state index contributed by atoms with van der Waals surface area (Å²) in [7, 11) is 2.77. The maximum Gasteiger partial charge on any atom is 0.337 e. The van der Waals surface area contributed by atoms with Gasteiger partial charge in [-0.1, -0.05) is 6.07 Å². The minimum absolute atomic E-state index is 0.358. The standard InChI is InChI=1S/C35H33N5O4/c1-43-34(41)22-14-18-24(19-15-22)39-30-12-5-3-8-26(30)32(37-39)28-10-7-11-29(36-28)33-27-9-4-6-13-31(27)40(38-33)25-20-16-23(17-21-25)35(42)44-2/h7,10-11,14-21H,3-6,8-9,12-13H2,1-2H3. The first-order chi connectivity index (χ1) is 21.6. The van der Waals surface area contributed by atoms with E-state index >= 15 is 0 Å². The summed E-state index contributed by atoms with van der Waals surface area (Å²) in [5.41, 5.74) is 11.1. The van der Waals surface area contributed by atoms with Crippen LogP contribution in [0.15, 0.2) is 66.7 Å². The van der Waals surface area contributed by atoms with Gasteiger partial charge in [-0.05, 0) is 112 Å². The van der Waals surface area contributed by atoms with Gasteiger partial charge >= 0.3 is 11.9 Å². The van der Waals surface area contributed by atoms with Gasteiger partial charge in [0.2, 0.25) is 0 Å². The summed E-state index contributed by atoms with van der Waals surface area (Å²) in [6.07, 6.45) is 8.20. The zero-order valence-electron chi connectivity index (χ0n) is 24.9. The Balaban J connectivity index is 1.28. The van der Waals surface area contributed by atoms with Gasteiger partial charge in [0.15, 0.2) is 0 Å². The number of carbonyl (C=O) groups is 2. The van der Waals surface area contributed by atoms with Gasteiger partial charge in [-0.15, -0.1) is 0 Å². The predicted molar refractivity (Wildman–Crippen MR) is 165 cm³/mol. The first-order valence-corrected chi connectivity index (χ1v) is 15.1. The van der Waals surface area contributed by atoms with Crippen molar-refractivity contribution in [2.24, 2.45) is 0 Å². The Hall–Kier alpha value is -5.05. The van der Waals surface area contributed by atoms with E-state index in [4.69, 9.17) is 24.7 Å². The van der Waals surface area contributed by atoms with Crippen LogP contribution in [0, 0.1) is 0 Å². The molecule has 0 atom stereocenters. The third kappa shape index (κ3) is 4.88. The molecular formula is C35H33N5O4. The number of rotatable bonds is 6. The Labute approximate surface area is 255 Å². The summed E-state index contributed by atoms with van der Waals surface area (Å²) in [5, 5.41) is 10.2. The lowest BCUT2D eigenvalue weighted by molar-refractivity contribution is 0.0592. The quantitative estimate of drug-likeness (QED) is 0.221. The van der Waals surface area contributed by atoms with Crippen LogP contribution in [-0.2, 0) is 35.2 Å². The molecule has 0 fully saturated rings. The van der Waals surface area contributed by atoms with Crippen molar-refractivity contribution in [2.75, 3.05) is 14.2 Å². The van der Waals surface area contributed by atoms with E-state index in [1.807, 2.05) is 51.8 Å². The Bertz CT molecular complexity index is 1740. The number of nitrogens with zero attached hydrogens (tertiary/aromatic N) is 5. The van der Waals surface area contributed by atoms with Crippen LogP contribution in [0.3, 0.4) is 0 Å². The van der Waals surface area contributed by atoms with E-state index in [-0.39, 0.29) is 11.9 Å². The molecule has 3 heterocycles. The number of esters is 2. The Kier molecular flexibility index (Phi) is 7.29. The lowest BCUT2D eigenvalue weighted by Crippen LogP contribution is -2.08. The molecule has 9 heteroatoms. The van der Waals surface area contributed by atoms with Gasteiger partial charge in [-0.3, -0.25) is 0 Å². The number of aromatic nitrogens is 5. The normalized spacial score (nSPS) is 14.0. The fourth-order valence-electron chi connectivity index (χ4n) is 6.45. The number of fused-ring (bicyclic) bond motifs is 2. The minimum Gasteiger partial charge on any atom is -0.465 e. The van der Waals surface area contributed by atoms with Gasteiger partial charge in [-0.25, -0.2) is 23.9 Å². The molecule has 9 nitrogen and oxygen atoms in total. The lowest BCUT2D eigenvalue weighted by Gasteiger charge is -2.15. The molecule has 0 spiro atoms. The SMILES string of the molecule is COC(=O)c1ccc(-n2nc(-c3cccc(-c4nn(-c5ccc(C(=O)OC)cc5)c5c4CCCC5)n3)c3c2CCCC3)cc1. The topological polar surface area (TPSA) is 101 Å². The fraction of sp³-hybridized carbons (Fsp3) is 0.286. The van der Waals surface area contributed by atoms with Crippen LogP contribution < -0.4 is 0 Å². The maximum absolute atomic E-state index is 12.0. The summed E-state index contributed by atoms with van der Waals surface area (Å²) in [5.74, 6) is -0.716. The van der Waals surface area contributed by atoms with E-state index in [0.717, 1.165) is 85.5 Å². The molecule has 0 aliphatic heterocycles. The summed E-state index contributed by atoms with van der Waals surface area (Å²) in [6.45, 7) is 0. The number of hydrogen-bond donors (Lipinski definition) is 0. The van der Waals surface area contributed by atoms with Crippen molar-refractivity contribution in [1.29, 1.82) is 0 Å². The van der Waals surface area contributed by atoms with E-state index in [1.54, 1.807) is 24.3 Å². The Morgan fingerprint density at radius 2 is 1.00 bits per heavy atom. The minimum atomic E-state index is -0.358. The summed E-state index contributed by atoms with van der Waals surface area (Å²) in [4.78, 5) is 29.1. The summed E-state index contributed by atoms with van der Waals surface area (Å²) < 4.78 is 13.8. The van der Waals surface area contributed by atoms with Crippen LogP contribution in [0.25, 0.3) is 34.2 Å². The average molecular weight is 588 g/mol. The highest BCUT2D eigenvalue weighted by molar-refractivity contribution is 5.90. The highest BCUT2D eigenvalue weighted by atomic mass is 16.5. The highest BCUT2D eigenvalue weighted by Crippen LogP contribution is 2.36. The molecule has 222 valence electrons. The summed E-state index contributed by atoms with van der Waals surface area (Å²) in [6, 6.07) is 20.9. The molecule has 5 aromatic rings. The van der Waals surface area contributed by atoms with E-state index in [0.29, 0.717) is 11.1 Å². The molecule has 0 saturated heterocycles. The van der Waals surface area contributed by atoms with E-state index in [9.17, 15) is 9.59 Å². The van der Waals surface area contributed by atoms with Crippen molar-refractivity contribution >= 4 is 11.9 Å². The average Bonchev–Trinajstić information content (AvgIpc) is 3.67. The largest absolute Gasteiger partial charge is 0.465 e. The smallest absolute Gasteiger partial charge is 0.337 e. The van der Waals surface area contributed by atoms with Gasteiger partial charge < -0.3 is 9.47 Å². The zero-order valence-corrected chi connectivity index (χ0v) is 24.9. The van der Waals surface area contributed by atoms with Crippen LogP contribution >= 0.6 is 0 Å². The number of benzene rings is 2. The molecule has 2 aliphatic carbocycles. The third-order valence-corrected chi connectivity index (χ3v) is 8.66. The predicted octanol–water partition coefficient (Wildman–Crippen LogP) is 6.12. The summed E-state index contributed by atoms with van der Waals surface area (Å²) >= 11 is 0. The first-order valence-electron chi connectivity index (χ1n) is 15.1. The Morgan fingerprint density at radius 1 is 0.591 bits per heavy atom. The first kappa shape index (κ1) is 27.8. The lowest BCUT2D eigenvalue weighted by atomic mass is 9.93. The van der Waals surface area contributed by atoms with Gasteiger partial charge in [0.25, 0.3) is 0 Å². The van der Waals surface area contributed by atoms with Crippen LogP contribution in [0.4, 0.5) is 0 Å². The van der Waals surface area contributed by atoms with E-state index in [1.165, 1.54) is 36.7 Å². The van der Waals surface area contributed by atoms with E-state index < -0.39 is 0 Å². The number of methoxy groups -OCH3 is 2. The molecule has 3 aromatic heterocycles. The molecule has 0 amide bonds. The maximum atomic E-state index is 12.0. The Morgan fingerprint density at radius 3 is 1.41 bits per heavy atom. The van der Waals surface area contributed by atoms with Crippen molar-refractivity contribution in [3.63, 3.8) is 0 Å². The van der Waals surface area contributed by atoms with Gasteiger partial charge in [0.05, 0.1) is 48.1 Å². The molecule has 7 rings (SSSR count). The van der Waals surface area contributed by atoms with E-state index in [2.05, 4.69) is 0 Å². The van der Waals surface area contributed by atoms with Crippen LogP contribution in [-0.4, -0.2) is 50.7 Å². The molecule has 2 aromatic carbocycles. The number of hydrogen-bond acceptors (Lipinski definition) is 7. The van der Waals surface area contributed by atoms with Gasteiger partial charge in [0, 0.05) is 22.5 Å². The van der Waals surface area contributed by atoms with Gasteiger partial charge in [0.1, 0.15) is 11.4 Å². The van der Waals surface area contributed by atoms with Crippen molar-refractivity contribution in [3.05, 3.63) is 100 Å². The molecule has 0 radical (unpaired) electrons. The second-order valence-electron chi connectivity index (χ2n) is 11.3. The van der Waals surface area contributed by atoms with Crippen molar-refractivity contribution in [2.45, 2.75) is 51.4 Å². The highest BCUT2D eigenvalue weighted by Gasteiger charge is 2.26. The number of pyridine rings is 1. The number of carbonyl (C=O) groups excluding carboxylic acids is 2. The molecule has 0 saturated carbocycles.